The number of primary amides is 1. The van der Waals surface area contributed by atoms with Crippen molar-refractivity contribution in [3.8, 4) is 11.3 Å². The third-order valence-electron chi connectivity index (χ3n) is 4.00. The minimum atomic E-state index is -0.544. The summed E-state index contributed by atoms with van der Waals surface area (Å²) in [6, 6.07) is 1.61. The maximum atomic E-state index is 12.2. The number of nitrogens with one attached hydrogen (secondary N) is 2. The molecule has 0 unspecified atom stereocenters. The number of hydrogen-bond acceptors (Lipinski definition) is 5. The molecule has 4 N–H and O–H groups in total. The van der Waals surface area contributed by atoms with E-state index >= 15 is 0 Å². The summed E-state index contributed by atoms with van der Waals surface area (Å²) >= 11 is 1.28. The second-order valence-corrected chi connectivity index (χ2v) is 6.74. The van der Waals surface area contributed by atoms with Crippen LogP contribution >= 0.6 is 11.3 Å². The van der Waals surface area contributed by atoms with E-state index in [-0.39, 0.29) is 18.4 Å². The fourth-order valence-electron chi connectivity index (χ4n) is 2.69. The minimum absolute atomic E-state index is 0.0266. The second-order valence-electron chi connectivity index (χ2n) is 5.88. The van der Waals surface area contributed by atoms with Gasteiger partial charge in [0.2, 0.25) is 11.8 Å². The number of likely N-dealkylation sites (tertiary alicyclic amines) is 1. The Kier molecular flexibility index (Phi) is 5.13. The monoisotopic (exact) mass is 361 g/mol. The van der Waals surface area contributed by atoms with Crippen molar-refractivity contribution in [3.05, 3.63) is 23.3 Å². The molecule has 0 aliphatic carbocycles. The van der Waals surface area contributed by atoms with Crippen molar-refractivity contribution >= 4 is 34.2 Å². The quantitative estimate of drug-likeness (QED) is 0.748. The Bertz CT molecular complexity index is 797. The average Bonchev–Trinajstić information content (AvgIpc) is 3.18. The lowest BCUT2D eigenvalue weighted by Crippen LogP contribution is -2.37. The number of thiazole rings is 1. The number of H-pyrrole nitrogens is 1. The van der Waals surface area contributed by atoms with Crippen LogP contribution < -0.4 is 11.1 Å². The zero-order valence-electron chi connectivity index (χ0n) is 13.6. The van der Waals surface area contributed by atoms with Gasteiger partial charge < -0.3 is 20.9 Å². The number of carbonyl (C=O) groups is 3. The third-order valence-corrected chi connectivity index (χ3v) is 4.76. The molecular weight excluding hydrogens is 342 g/mol. The van der Waals surface area contributed by atoms with Crippen molar-refractivity contribution in [2.75, 3.05) is 18.4 Å². The van der Waals surface area contributed by atoms with Gasteiger partial charge in [-0.2, -0.15) is 0 Å². The number of amides is 3. The first-order valence-electron chi connectivity index (χ1n) is 8.04. The predicted octanol–water partition coefficient (Wildman–Crippen LogP) is 1.58. The van der Waals surface area contributed by atoms with Crippen molar-refractivity contribution in [3.63, 3.8) is 0 Å². The fourth-order valence-corrected chi connectivity index (χ4v) is 3.42. The first kappa shape index (κ1) is 17.2. The van der Waals surface area contributed by atoms with Crippen molar-refractivity contribution in [1.29, 1.82) is 0 Å². The number of aromatic nitrogens is 2. The molecule has 1 saturated heterocycles. The largest absolute Gasteiger partial charge is 0.364 e. The molecule has 8 nitrogen and oxygen atoms in total. The molecule has 3 amide bonds. The zero-order chi connectivity index (χ0) is 17.8. The van der Waals surface area contributed by atoms with E-state index in [1.165, 1.54) is 11.3 Å². The number of aromatic amines is 1. The summed E-state index contributed by atoms with van der Waals surface area (Å²) in [5.41, 5.74) is 6.86. The van der Waals surface area contributed by atoms with Gasteiger partial charge in [-0.15, -0.1) is 11.3 Å². The van der Waals surface area contributed by atoms with Crippen LogP contribution in [0.5, 0.6) is 0 Å². The molecule has 9 heteroatoms. The Morgan fingerprint density at radius 1 is 1.36 bits per heavy atom. The van der Waals surface area contributed by atoms with E-state index in [0.29, 0.717) is 35.0 Å². The summed E-state index contributed by atoms with van der Waals surface area (Å²) in [6.07, 6.45) is 4.97. The molecule has 0 spiro atoms. The number of anilines is 1. The van der Waals surface area contributed by atoms with E-state index in [2.05, 4.69) is 15.3 Å². The molecule has 25 heavy (non-hydrogen) atoms. The summed E-state index contributed by atoms with van der Waals surface area (Å²) in [7, 11) is 0. The molecule has 0 atom stereocenters. The smallest absolute Gasteiger partial charge is 0.265 e. The summed E-state index contributed by atoms with van der Waals surface area (Å²) in [6.45, 7) is 0.665. The van der Waals surface area contributed by atoms with Gasteiger partial charge in [0.25, 0.3) is 5.91 Å². The first-order valence-corrected chi connectivity index (χ1v) is 8.92. The molecule has 0 aromatic carbocycles. The van der Waals surface area contributed by atoms with Gasteiger partial charge in [-0.25, -0.2) is 4.98 Å². The Morgan fingerprint density at radius 3 is 2.96 bits per heavy atom. The van der Waals surface area contributed by atoms with Gasteiger partial charge >= 0.3 is 0 Å². The number of rotatable bonds is 5. The Balaban J connectivity index is 1.61. The maximum absolute atomic E-state index is 12.2. The van der Waals surface area contributed by atoms with Crippen LogP contribution in [0.15, 0.2) is 17.6 Å². The highest BCUT2D eigenvalue weighted by atomic mass is 32.1. The standard InChI is InChI=1S/C16H19N5O3S/c17-15(24)11-6-10(7-18-11)12-9-25-16(19-12)20-13(22)8-21-5-3-1-2-4-14(21)23/h6-7,9,18H,1-5,8H2,(H2,17,24)(H,19,20,22). The van der Waals surface area contributed by atoms with Crippen LogP contribution in [0.25, 0.3) is 11.3 Å². The summed E-state index contributed by atoms with van der Waals surface area (Å²) in [5.74, 6) is -0.779. The molecule has 0 radical (unpaired) electrons. The number of nitrogens with two attached hydrogens (primary N) is 1. The molecule has 3 heterocycles. The number of carbonyl (C=O) groups excluding carboxylic acids is 3. The van der Waals surface area contributed by atoms with Crippen LogP contribution in [0.3, 0.4) is 0 Å². The average molecular weight is 361 g/mol. The van der Waals surface area contributed by atoms with Crippen LogP contribution in [-0.2, 0) is 9.59 Å². The second kappa shape index (κ2) is 7.47. The molecule has 132 valence electrons. The summed E-state index contributed by atoms with van der Waals surface area (Å²) < 4.78 is 0. The van der Waals surface area contributed by atoms with E-state index in [1.54, 1.807) is 22.5 Å². The lowest BCUT2D eigenvalue weighted by molar-refractivity contribution is -0.134. The minimum Gasteiger partial charge on any atom is -0.364 e. The lowest BCUT2D eigenvalue weighted by atomic mass is 10.2. The van der Waals surface area contributed by atoms with E-state index < -0.39 is 5.91 Å². The number of hydrogen-bond donors (Lipinski definition) is 3. The highest BCUT2D eigenvalue weighted by Crippen LogP contribution is 2.25. The Morgan fingerprint density at radius 2 is 2.20 bits per heavy atom. The van der Waals surface area contributed by atoms with Crippen LogP contribution in [0.4, 0.5) is 5.13 Å². The highest BCUT2D eigenvalue weighted by Gasteiger charge is 2.20. The summed E-state index contributed by atoms with van der Waals surface area (Å²) in [4.78, 5) is 43.9. The molecule has 1 aliphatic heterocycles. The lowest BCUT2D eigenvalue weighted by Gasteiger charge is -2.19. The van der Waals surface area contributed by atoms with Gasteiger partial charge in [0.1, 0.15) is 5.69 Å². The molecule has 1 aliphatic rings. The molecule has 3 rings (SSSR count). The number of nitrogens with zero attached hydrogens (tertiary/aromatic N) is 2. The fraction of sp³-hybridized carbons (Fsp3) is 0.375. The Hall–Kier alpha value is -2.68. The van der Waals surface area contributed by atoms with Crippen molar-refractivity contribution in [2.45, 2.75) is 25.7 Å². The third kappa shape index (κ3) is 4.24. The predicted molar refractivity (Wildman–Crippen MR) is 94.1 cm³/mol. The van der Waals surface area contributed by atoms with Gasteiger partial charge in [-0.05, 0) is 18.9 Å². The van der Waals surface area contributed by atoms with Crippen LogP contribution in [0, 0.1) is 0 Å². The van der Waals surface area contributed by atoms with Crippen molar-refractivity contribution in [2.24, 2.45) is 5.73 Å². The normalized spacial score (nSPS) is 15.0. The van der Waals surface area contributed by atoms with Crippen LogP contribution in [-0.4, -0.2) is 45.7 Å². The summed E-state index contributed by atoms with van der Waals surface area (Å²) in [5, 5.41) is 4.95. The zero-order valence-corrected chi connectivity index (χ0v) is 14.4. The van der Waals surface area contributed by atoms with Gasteiger partial charge in [0, 0.05) is 30.1 Å². The molecule has 2 aromatic heterocycles. The van der Waals surface area contributed by atoms with Crippen LogP contribution in [0.2, 0.25) is 0 Å². The Labute approximate surface area is 148 Å². The molecular formula is C16H19N5O3S. The van der Waals surface area contributed by atoms with Crippen molar-refractivity contribution < 1.29 is 14.4 Å². The van der Waals surface area contributed by atoms with Gasteiger partial charge in [-0.1, -0.05) is 6.42 Å². The maximum Gasteiger partial charge on any atom is 0.265 e. The molecule has 0 bridgehead atoms. The van der Waals surface area contributed by atoms with Crippen LogP contribution in [0.1, 0.15) is 36.2 Å². The van der Waals surface area contributed by atoms with E-state index in [1.807, 2.05) is 0 Å². The molecule has 2 aromatic rings. The molecule has 1 fully saturated rings. The van der Waals surface area contributed by atoms with Gasteiger partial charge in [-0.3, -0.25) is 14.4 Å². The molecule has 0 saturated carbocycles. The van der Waals surface area contributed by atoms with E-state index in [4.69, 9.17) is 5.73 Å². The SMILES string of the molecule is NC(=O)c1cc(-c2csc(NC(=O)CN3CCCCCC3=O)n2)c[nH]1. The van der Waals surface area contributed by atoms with E-state index in [9.17, 15) is 14.4 Å². The highest BCUT2D eigenvalue weighted by molar-refractivity contribution is 7.14. The topological polar surface area (TPSA) is 121 Å². The van der Waals surface area contributed by atoms with Gasteiger partial charge in [0.15, 0.2) is 5.13 Å². The first-order chi connectivity index (χ1) is 12.0. The van der Waals surface area contributed by atoms with Crippen molar-refractivity contribution in [1.82, 2.24) is 14.9 Å². The van der Waals surface area contributed by atoms with E-state index in [0.717, 1.165) is 19.3 Å². The van der Waals surface area contributed by atoms with Gasteiger partial charge in [0.05, 0.1) is 12.2 Å².